The van der Waals surface area contributed by atoms with Gasteiger partial charge in [0.15, 0.2) is 4.90 Å². The number of rotatable bonds is 6. The van der Waals surface area contributed by atoms with Gasteiger partial charge in [-0.15, -0.1) is 0 Å². The van der Waals surface area contributed by atoms with E-state index >= 15 is 0 Å². The van der Waals surface area contributed by atoms with Crippen molar-refractivity contribution in [3.8, 4) is 0 Å². The normalized spacial score (nSPS) is 11.9. The summed E-state index contributed by atoms with van der Waals surface area (Å²) in [6.07, 6.45) is -2.87. The van der Waals surface area contributed by atoms with Crippen molar-refractivity contribution in [3.05, 3.63) is 28.3 Å². The van der Waals surface area contributed by atoms with E-state index in [1.807, 2.05) is 0 Å². The van der Waals surface area contributed by atoms with E-state index in [1.165, 1.54) is 19.2 Å². The van der Waals surface area contributed by atoms with Gasteiger partial charge in [0.25, 0.3) is 6.43 Å². The van der Waals surface area contributed by atoms with E-state index in [1.54, 1.807) is 0 Å². The largest absolute Gasteiger partial charge is 0.383 e. The molecule has 0 saturated carbocycles. The Morgan fingerprint density at radius 2 is 2.05 bits per heavy atom. The van der Waals surface area contributed by atoms with Crippen molar-refractivity contribution in [2.75, 3.05) is 26.0 Å². The Hall–Kier alpha value is -1.81. The number of halogens is 2. The van der Waals surface area contributed by atoms with Crippen LogP contribution in [0.4, 0.5) is 20.2 Å². The lowest BCUT2D eigenvalue weighted by atomic mass is 10.3. The zero-order chi connectivity index (χ0) is 15.5. The number of nitro groups is 1. The number of nitro benzene ring substituents is 1. The first-order valence-electron chi connectivity index (χ1n) is 5.41. The van der Waals surface area contributed by atoms with Crippen LogP contribution in [-0.4, -0.2) is 44.7 Å². The second-order valence-corrected chi connectivity index (χ2v) is 5.85. The summed E-state index contributed by atoms with van der Waals surface area (Å²) < 4.78 is 49.2. The molecule has 0 heterocycles. The fourth-order valence-electron chi connectivity index (χ4n) is 1.58. The molecule has 0 amide bonds. The molecule has 0 unspecified atom stereocenters. The van der Waals surface area contributed by atoms with Crippen LogP contribution in [0.5, 0.6) is 0 Å². The van der Waals surface area contributed by atoms with Gasteiger partial charge in [-0.25, -0.2) is 17.2 Å². The lowest BCUT2D eigenvalue weighted by molar-refractivity contribution is -0.386. The summed E-state index contributed by atoms with van der Waals surface area (Å²) >= 11 is 0. The van der Waals surface area contributed by atoms with Gasteiger partial charge in [-0.3, -0.25) is 10.1 Å². The van der Waals surface area contributed by atoms with Gasteiger partial charge < -0.3 is 5.32 Å². The molecule has 0 atom stereocenters. The van der Waals surface area contributed by atoms with Gasteiger partial charge in [0.1, 0.15) is 5.69 Å². The predicted molar refractivity (Wildman–Crippen MR) is 68.5 cm³/mol. The second kappa shape index (κ2) is 6.09. The number of anilines is 1. The van der Waals surface area contributed by atoms with Crippen LogP contribution in [0.3, 0.4) is 0 Å². The number of alkyl halides is 2. The van der Waals surface area contributed by atoms with Crippen molar-refractivity contribution in [3.63, 3.8) is 0 Å². The van der Waals surface area contributed by atoms with Crippen LogP contribution in [0.15, 0.2) is 23.1 Å². The molecule has 112 valence electrons. The summed E-state index contributed by atoms with van der Waals surface area (Å²) in [6.45, 7) is -1.04. The quantitative estimate of drug-likeness (QED) is 0.635. The average Bonchev–Trinajstić information content (AvgIpc) is 2.36. The molecule has 0 saturated heterocycles. The molecule has 0 bridgehead atoms. The first kappa shape index (κ1) is 16.2. The molecule has 10 heteroatoms. The van der Waals surface area contributed by atoms with Crippen LogP contribution in [0.1, 0.15) is 0 Å². The molecular weight excluding hydrogens is 296 g/mol. The van der Waals surface area contributed by atoms with Crippen molar-refractivity contribution in [1.29, 1.82) is 0 Å². The first-order valence-corrected chi connectivity index (χ1v) is 6.85. The minimum Gasteiger partial charge on any atom is -0.383 e. The third-order valence-electron chi connectivity index (χ3n) is 2.53. The molecule has 20 heavy (non-hydrogen) atoms. The summed E-state index contributed by atoms with van der Waals surface area (Å²) in [5, 5.41) is 13.5. The maximum atomic E-state index is 12.3. The molecule has 0 spiro atoms. The molecule has 1 N–H and O–H groups in total. The maximum absolute atomic E-state index is 12.3. The highest BCUT2D eigenvalue weighted by Gasteiger charge is 2.32. The summed E-state index contributed by atoms with van der Waals surface area (Å²) in [7, 11) is -2.04. The van der Waals surface area contributed by atoms with Crippen molar-refractivity contribution in [1.82, 2.24) is 4.31 Å². The zero-order valence-electron chi connectivity index (χ0n) is 10.7. The highest BCUT2D eigenvalue weighted by atomic mass is 32.2. The van der Waals surface area contributed by atoms with Gasteiger partial charge in [-0.05, 0) is 12.1 Å². The Morgan fingerprint density at radius 1 is 1.45 bits per heavy atom. The lowest BCUT2D eigenvalue weighted by Crippen LogP contribution is -2.31. The molecular formula is C10H13F2N3O4S. The van der Waals surface area contributed by atoms with Gasteiger partial charge in [-0.1, -0.05) is 6.07 Å². The Morgan fingerprint density at radius 3 is 2.50 bits per heavy atom. The van der Waals surface area contributed by atoms with E-state index in [0.29, 0.717) is 4.31 Å². The molecule has 0 aliphatic carbocycles. The molecule has 1 aromatic rings. The molecule has 0 radical (unpaired) electrons. The van der Waals surface area contributed by atoms with Crippen molar-refractivity contribution < 1.29 is 22.1 Å². The molecule has 1 rings (SSSR count). The Kier molecular flexibility index (Phi) is 4.95. The third-order valence-corrected chi connectivity index (χ3v) is 4.39. The van der Waals surface area contributed by atoms with E-state index in [9.17, 15) is 27.3 Å². The van der Waals surface area contributed by atoms with Gasteiger partial charge >= 0.3 is 5.69 Å². The fourth-order valence-corrected chi connectivity index (χ4v) is 2.91. The van der Waals surface area contributed by atoms with Crippen LogP contribution in [0.2, 0.25) is 0 Å². The van der Waals surface area contributed by atoms with E-state index in [-0.39, 0.29) is 5.69 Å². The van der Waals surface area contributed by atoms with Gasteiger partial charge in [0, 0.05) is 14.1 Å². The van der Waals surface area contributed by atoms with E-state index in [0.717, 1.165) is 13.1 Å². The number of para-hydroxylation sites is 1. The van der Waals surface area contributed by atoms with Crippen LogP contribution in [-0.2, 0) is 10.0 Å². The van der Waals surface area contributed by atoms with Crippen LogP contribution in [0.25, 0.3) is 0 Å². The summed E-state index contributed by atoms with van der Waals surface area (Å²) in [5.41, 5.74) is -0.683. The summed E-state index contributed by atoms with van der Waals surface area (Å²) in [5.74, 6) is 0. The van der Waals surface area contributed by atoms with Crippen molar-refractivity contribution in [2.24, 2.45) is 0 Å². The third kappa shape index (κ3) is 3.20. The minimum atomic E-state index is -4.37. The van der Waals surface area contributed by atoms with Gasteiger partial charge in [0.2, 0.25) is 10.0 Å². The number of nitrogens with one attached hydrogen (secondary N) is 1. The number of benzene rings is 1. The molecule has 0 fully saturated rings. The number of sulfonamides is 1. The molecule has 7 nitrogen and oxygen atoms in total. The average molecular weight is 309 g/mol. The Balaban J connectivity index is 3.42. The van der Waals surface area contributed by atoms with Crippen LogP contribution >= 0.6 is 0 Å². The first-order chi connectivity index (χ1) is 9.21. The van der Waals surface area contributed by atoms with Crippen molar-refractivity contribution >= 4 is 21.4 Å². The topological polar surface area (TPSA) is 92.6 Å². The van der Waals surface area contributed by atoms with Crippen molar-refractivity contribution in [2.45, 2.75) is 11.3 Å². The van der Waals surface area contributed by atoms with E-state index < -0.39 is 38.5 Å². The van der Waals surface area contributed by atoms with Crippen LogP contribution in [0, 0.1) is 10.1 Å². The summed E-state index contributed by atoms with van der Waals surface area (Å²) in [4.78, 5) is 9.53. The lowest BCUT2D eigenvalue weighted by Gasteiger charge is -2.17. The number of hydrogen-bond acceptors (Lipinski definition) is 5. The summed E-state index contributed by atoms with van der Waals surface area (Å²) in [6, 6.07) is 3.63. The minimum absolute atomic E-state index is 0.0125. The highest BCUT2D eigenvalue weighted by Crippen LogP contribution is 2.33. The maximum Gasteiger partial charge on any atom is 0.312 e. The molecule has 1 aromatic carbocycles. The Labute approximate surface area is 114 Å². The van der Waals surface area contributed by atoms with Crippen LogP contribution < -0.4 is 5.32 Å². The second-order valence-electron chi connectivity index (χ2n) is 3.84. The predicted octanol–water partition coefficient (Wildman–Crippen LogP) is 1.52. The van der Waals surface area contributed by atoms with E-state index in [4.69, 9.17) is 0 Å². The highest BCUT2D eigenvalue weighted by molar-refractivity contribution is 7.89. The Bertz CT molecular complexity index is 607. The van der Waals surface area contributed by atoms with Gasteiger partial charge in [-0.2, -0.15) is 4.31 Å². The standard InChI is InChI=1S/C10H13F2N3O4S/c1-13-7-4-3-5-8(10(7)15(16)17)20(18,19)14(2)6-9(11)12/h3-5,9,13H,6H2,1-2H3. The SMILES string of the molecule is CNc1cccc(S(=O)(=O)N(C)CC(F)F)c1[N+](=O)[O-]. The number of hydrogen-bond donors (Lipinski definition) is 1. The monoisotopic (exact) mass is 309 g/mol. The number of nitrogens with zero attached hydrogens (tertiary/aromatic N) is 2. The zero-order valence-corrected chi connectivity index (χ0v) is 11.5. The van der Waals surface area contributed by atoms with Gasteiger partial charge in [0.05, 0.1) is 11.5 Å². The smallest absolute Gasteiger partial charge is 0.312 e. The fraction of sp³-hybridized carbons (Fsp3) is 0.400. The van der Waals surface area contributed by atoms with E-state index in [2.05, 4.69) is 5.32 Å². The molecule has 0 aliphatic heterocycles. The molecule has 0 aromatic heterocycles. The molecule has 0 aliphatic rings.